The van der Waals surface area contributed by atoms with E-state index in [4.69, 9.17) is 12.2 Å². The summed E-state index contributed by atoms with van der Waals surface area (Å²) in [6.07, 6.45) is 5.72. The normalized spacial score (nSPS) is 15.6. The van der Waals surface area contributed by atoms with Crippen molar-refractivity contribution < 1.29 is 9.59 Å². The van der Waals surface area contributed by atoms with Gasteiger partial charge in [-0.25, -0.2) is 0 Å². The van der Waals surface area contributed by atoms with E-state index in [1.54, 1.807) is 6.08 Å². The van der Waals surface area contributed by atoms with E-state index in [2.05, 4.69) is 27.9 Å². The molecule has 28 heavy (non-hydrogen) atoms. The number of carbonyl (C=O) groups excluding carboxylic acids is 2. The largest absolute Gasteiger partial charge is 0.326 e. The Bertz CT molecular complexity index is 941. The van der Waals surface area contributed by atoms with Crippen LogP contribution in [-0.2, 0) is 9.59 Å². The number of halogens is 1. The third kappa shape index (κ3) is 5.76. The molecule has 2 aromatic rings. The Kier molecular flexibility index (Phi) is 7.41. The Morgan fingerprint density at radius 1 is 1.14 bits per heavy atom. The van der Waals surface area contributed by atoms with Crippen LogP contribution in [0.2, 0.25) is 0 Å². The van der Waals surface area contributed by atoms with E-state index in [1.165, 1.54) is 16.7 Å². The first kappa shape index (κ1) is 20.8. The standard InChI is InChI=1S/C21H17IN2O2S2/c22-16-9-11-17(12-10-16)23-19(25)13-14-24-20(26)18(28-21(24)27)8-4-7-15-5-2-1-3-6-15/h1-12H,13-14H2,(H,23,25). The molecule has 0 spiro atoms. The van der Waals surface area contributed by atoms with Crippen LogP contribution < -0.4 is 5.32 Å². The molecule has 0 saturated carbocycles. The van der Waals surface area contributed by atoms with Gasteiger partial charge in [0.2, 0.25) is 5.91 Å². The van der Waals surface area contributed by atoms with Crippen LogP contribution in [0.25, 0.3) is 6.08 Å². The number of amides is 2. The topological polar surface area (TPSA) is 49.4 Å². The van der Waals surface area contributed by atoms with Crippen LogP contribution in [0.1, 0.15) is 12.0 Å². The van der Waals surface area contributed by atoms with Gasteiger partial charge in [0.1, 0.15) is 4.32 Å². The molecule has 0 aromatic heterocycles. The van der Waals surface area contributed by atoms with Gasteiger partial charge in [-0.1, -0.05) is 66.5 Å². The maximum atomic E-state index is 12.5. The molecule has 0 atom stereocenters. The molecule has 2 aromatic carbocycles. The van der Waals surface area contributed by atoms with Gasteiger partial charge in [-0.05, 0) is 58.5 Å². The maximum Gasteiger partial charge on any atom is 0.266 e. The van der Waals surface area contributed by atoms with Crippen LogP contribution in [0.4, 0.5) is 5.69 Å². The predicted octanol–water partition coefficient (Wildman–Crippen LogP) is 5.08. The number of benzene rings is 2. The van der Waals surface area contributed by atoms with E-state index in [9.17, 15) is 9.59 Å². The van der Waals surface area contributed by atoms with Crippen molar-refractivity contribution in [2.45, 2.75) is 6.42 Å². The zero-order valence-corrected chi connectivity index (χ0v) is 18.6. The summed E-state index contributed by atoms with van der Waals surface area (Å²) in [5.74, 6) is -0.307. The second-order valence-corrected chi connectivity index (χ2v) is 8.85. The number of thioether (sulfide) groups is 1. The quantitative estimate of drug-likeness (QED) is 0.328. The molecule has 0 unspecified atom stereocenters. The highest BCUT2D eigenvalue weighted by Gasteiger charge is 2.31. The minimum absolute atomic E-state index is 0.150. The predicted molar refractivity (Wildman–Crippen MR) is 128 cm³/mol. The van der Waals surface area contributed by atoms with Crippen molar-refractivity contribution in [3.63, 3.8) is 0 Å². The minimum Gasteiger partial charge on any atom is -0.326 e. The molecule has 1 aliphatic heterocycles. The Labute approximate surface area is 187 Å². The molecule has 1 saturated heterocycles. The van der Waals surface area contributed by atoms with Crippen molar-refractivity contribution in [2.24, 2.45) is 0 Å². The molecule has 0 aliphatic carbocycles. The van der Waals surface area contributed by atoms with Gasteiger partial charge in [-0.15, -0.1) is 0 Å². The third-order valence-electron chi connectivity index (χ3n) is 3.90. The molecule has 1 N–H and O–H groups in total. The number of hydrogen-bond donors (Lipinski definition) is 1. The molecule has 1 aliphatic rings. The van der Waals surface area contributed by atoms with Gasteiger partial charge in [0, 0.05) is 22.2 Å². The number of carbonyl (C=O) groups is 2. The van der Waals surface area contributed by atoms with Crippen LogP contribution in [0.3, 0.4) is 0 Å². The van der Waals surface area contributed by atoms with Crippen LogP contribution in [-0.4, -0.2) is 27.6 Å². The fraction of sp³-hybridized carbons (Fsp3) is 0.0952. The van der Waals surface area contributed by atoms with E-state index in [-0.39, 0.29) is 24.8 Å². The average Bonchev–Trinajstić information content (AvgIpc) is 2.96. The van der Waals surface area contributed by atoms with Crippen molar-refractivity contribution in [2.75, 3.05) is 11.9 Å². The first-order valence-electron chi connectivity index (χ1n) is 8.55. The summed E-state index contributed by atoms with van der Waals surface area (Å²) in [6.45, 7) is 0.264. The molecule has 3 rings (SSSR count). The summed E-state index contributed by atoms with van der Waals surface area (Å²) in [6, 6.07) is 17.4. The maximum absolute atomic E-state index is 12.5. The molecule has 4 nitrogen and oxygen atoms in total. The van der Waals surface area contributed by atoms with Crippen LogP contribution in [0, 0.1) is 3.57 Å². The SMILES string of the molecule is O=C(CCN1C(=O)C(=CC=Cc2ccccc2)SC1=S)Nc1ccc(I)cc1. The lowest BCUT2D eigenvalue weighted by atomic mass is 10.2. The monoisotopic (exact) mass is 520 g/mol. The highest BCUT2D eigenvalue weighted by atomic mass is 127. The van der Waals surface area contributed by atoms with Crippen molar-refractivity contribution in [3.8, 4) is 0 Å². The molecular weight excluding hydrogens is 503 g/mol. The van der Waals surface area contributed by atoms with Gasteiger partial charge in [-0.2, -0.15) is 0 Å². The summed E-state index contributed by atoms with van der Waals surface area (Å²) in [5, 5.41) is 2.83. The Balaban J connectivity index is 1.54. The lowest BCUT2D eigenvalue weighted by Gasteiger charge is -2.14. The van der Waals surface area contributed by atoms with Crippen molar-refractivity contribution in [1.82, 2.24) is 4.90 Å². The first-order valence-corrected chi connectivity index (χ1v) is 10.9. The van der Waals surface area contributed by atoms with Gasteiger partial charge in [0.05, 0.1) is 4.91 Å². The highest BCUT2D eigenvalue weighted by molar-refractivity contribution is 14.1. The number of hydrogen-bond acceptors (Lipinski definition) is 4. The minimum atomic E-state index is -0.158. The lowest BCUT2D eigenvalue weighted by molar-refractivity contribution is -0.122. The fourth-order valence-electron chi connectivity index (χ4n) is 2.49. The molecule has 2 amide bonds. The van der Waals surface area contributed by atoms with Crippen LogP contribution in [0.5, 0.6) is 0 Å². The molecule has 0 radical (unpaired) electrons. The van der Waals surface area contributed by atoms with Crippen LogP contribution in [0.15, 0.2) is 71.7 Å². The highest BCUT2D eigenvalue weighted by Crippen LogP contribution is 2.31. The fourth-order valence-corrected chi connectivity index (χ4v) is 4.11. The third-order valence-corrected chi connectivity index (χ3v) is 6.02. The molecular formula is C21H17IN2O2S2. The zero-order chi connectivity index (χ0) is 19.9. The summed E-state index contributed by atoms with van der Waals surface area (Å²) >= 11 is 8.77. The second-order valence-electron chi connectivity index (χ2n) is 5.93. The van der Waals surface area contributed by atoms with Gasteiger partial charge in [0.25, 0.3) is 5.91 Å². The van der Waals surface area contributed by atoms with Crippen LogP contribution >= 0.6 is 46.6 Å². The van der Waals surface area contributed by atoms with E-state index < -0.39 is 0 Å². The molecule has 7 heteroatoms. The number of thiocarbonyl (C=S) groups is 1. The smallest absolute Gasteiger partial charge is 0.266 e. The molecule has 0 bridgehead atoms. The number of allylic oxidation sites excluding steroid dienone is 2. The number of anilines is 1. The van der Waals surface area contributed by atoms with Crippen molar-refractivity contribution in [3.05, 3.63) is 80.8 Å². The summed E-state index contributed by atoms with van der Waals surface area (Å²) < 4.78 is 1.58. The van der Waals surface area contributed by atoms with Gasteiger partial charge in [0.15, 0.2) is 0 Å². The van der Waals surface area contributed by atoms with E-state index >= 15 is 0 Å². The first-order chi connectivity index (χ1) is 13.5. The Morgan fingerprint density at radius 3 is 2.57 bits per heavy atom. The van der Waals surface area contributed by atoms with Gasteiger partial charge < -0.3 is 5.32 Å². The Hall–Kier alpha value is -1.97. The van der Waals surface area contributed by atoms with E-state index in [0.29, 0.717) is 9.23 Å². The lowest BCUT2D eigenvalue weighted by Crippen LogP contribution is -2.31. The summed E-state index contributed by atoms with van der Waals surface area (Å²) in [7, 11) is 0. The average molecular weight is 520 g/mol. The molecule has 1 heterocycles. The number of nitrogens with one attached hydrogen (secondary N) is 1. The summed E-state index contributed by atoms with van der Waals surface area (Å²) in [4.78, 5) is 26.7. The Morgan fingerprint density at radius 2 is 1.86 bits per heavy atom. The van der Waals surface area contributed by atoms with Crippen molar-refractivity contribution >= 4 is 74.5 Å². The summed E-state index contributed by atoms with van der Waals surface area (Å²) in [5.41, 5.74) is 1.79. The van der Waals surface area contributed by atoms with Gasteiger partial charge in [-0.3, -0.25) is 14.5 Å². The molecule has 1 fully saturated rings. The van der Waals surface area contributed by atoms with Crippen molar-refractivity contribution in [1.29, 1.82) is 0 Å². The number of rotatable bonds is 6. The van der Waals surface area contributed by atoms with E-state index in [0.717, 1.165) is 14.8 Å². The zero-order valence-electron chi connectivity index (χ0n) is 14.8. The van der Waals surface area contributed by atoms with E-state index in [1.807, 2.05) is 66.7 Å². The van der Waals surface area contributed by atoms with Gasteiger partial charge >= 0.3 is 0 Å². The molecule has 142 valence electrons. The number of nitrogens with zero attached hydrogens (tertiary/aromatic N) is 1. The second kappa shape index (κ2) is 9.99.